The van der Waals surface area contributed by atoms with Crippen LogP contribution in [0.1, 0.15) is 12.5 Å². The van der Waals surface area contributed by atoms with Gasteiger partial charge in [0.25, 0.3) is 11.4 Å². The molecule has 0 aromatic heterocycles. The average molecular weight is 300 g/mol. The second-order valence-electron chi connectivity index (χ2n) is 4.42. The van der Waals surface area contributed by atoms with Gasteiger partial charge in [-0.05, 0) is 19.1 Å². The summed E-state index contributed by atoms with van der Waals surface area (Å²) in [4.78, 5) is 20.3. The van der Waals surface area contributed by atoms with Gasteiger partial charge in [0.05, 0.1) is 21.2 Å². The lowest BCUT2D eigenvalue weighted by Gasteiger charge is -2.03. The Bertz CT molecular complexity index is 741. The van der Waals surface area contributed by atoms with Crippen LogP contribution in [0.15, 0.2) is 53.6 Å². The van der Waals surface area contributed by atoms with Crippen LogP contribution in [0.2, 0.25) is 0 Å². The molecular formula is C14H12N4O4. The molecule has 112 valence electrons. The normalized spacial score (nSPS) is 11.0. The van der Waals surface area contributed by atoms with Gasteiger partial charge in [-0.1, -0.05) is 12.1 Å². The molecule has 0 aliphatic heterocycles. The van der Waals surface area contributed by atoms with Crippen molar-refractivity contribution in [1.29, 1.82) is 0 Å². The first-order valence-electron chi connectivity index (χ1n) is 6.27. The monoisotopic (exact) mass is 300 g/mol. The van der Waals surface area contributed by atoms with Gasteiger partial charge in [0, 0.05) is 29.8 Å². The maximum Gasteiger partial charge on any atom is 0.270 e. The number of nitrogens with zero attached hydrogens (tertiary/aromatic N) is 3. The maximum absolute atomic E-state index is 10.7. The lowest BCUT2D eigenvalue weighted by molar-refractivity contribution is -0.385. The van der Waals surface area contributed by atoms with E-state index in [1.165, 1.54) is 36.4 Å². The zero-order valence-electron chi connectivity index (χ0n) is 11.6. The predicted molar refractivity (Wildman–Crippen MR) is 82.0 cm³/mol. The Kier molecular flexibility index (Phi) is 4.42. The molecule has 8 nitrogen and oxygen atoms in total. The van der Waals surface area contributed by atoms with E-state index in [2.05, 4.69) is 10.5 Å². The highest BCUT2D eigenvalue weighted by Crippen LogP contribution is 2.16. The van der Waals surface area contributed by atoms with Gasteiger partial charge in [-0.15, -0.1) is 0 Å². The van der Waals surface area contributed by atoms with Crippen molar-refractivity contribution in [3.05, 3.63) is 74.3 Å². The highest BCUT2D eigenvalue weighted by atomic mass is 16.6. The van der Waals surface area contributed by atoms with E-state index in [1.54, 1.807) is 19.1 Å². The molecule has 1 N–H and O–H groups in total. The molecule has 0 bridgehead atoms. The number of hydrazone groups is 1. The molecule has 0 atom stereocenters. The van der Waals surface area contributed by atoms with Crippen molar-refractivity contribution >= 4 is 22.8 Å². The Morgan fingerprint density at radius 3 is 2.23 bits per heavy atom. The number of hydrogen-bond donors (Lipinski definition) is 1. The van der Waals surface area contributed by atoms with Gasteiger partial charge in [-0.2, -0.15) is 5.10 Å². The molecule has 8 heteroatoms. The highest BCUT2D eigenvalue weighted by molar-refractivity contribution is 5.99. The van der Waals surface area contributed by atoms with Crippen LogP contribution >= 0.6 is 0 Å². The van der Waals surface area contributed by atoms with Crippen molar-refractivity contribution in [3.8, 4) is 0 Å². The standard InChI is InChI=1S/C14H12N4O4/c1-10(11-3-2-4-14(9-11)18(21)22)15-16-12-5-7-13(8-6-12)17(19)20/h2-9,16H,1H3. The predicted octanol–water partition coefficient (Wildman–Crippen LogP) is 3.34. The first kappa shape index (κ1) is 15.1. The van der Waals surface area contributed by atoms with Gasteiger partial charge in [0.2, 0.25) is 0 Å². The van der Waals surface area contributed by atoms with Crippen molar-refractivity contribution in [2.24, 2.45) is 5.10 Å². The average Bonchev–Trinajstić information content (AvgIpc) is 2.53. The van der Waals surface area contributed by atoms with E-state index in [9.17, 15) is 20.2 Å². The number of anilines is 1. The number of benzene rings is 2. The van der Waals surface area contributed by atoms with Crippen molar-refractivity contribution in [1.82, 2.24) is 0 Å². The summed E-state index contributed by atoms with van der Waals surface area (Å²) in [5.74, 6) is 0. The quantitative estimate of drug-likeness (QED) is 0.517. The molecule has 2 aromatic rings. The van der Waals surface area contributed by atoms with Gasteiger partial charge in [-0.25, -0.2) is 0 Å². The lowest BCUT2D eigenvalue weighted by Crippen LogP contribution is -2.00. The smallest absolute Gasteiger partial charge is 0.270 e. The summed E-state index contributed by atoms with van der Waals surface area (Å²) < 4.78 is 0. The van der Waals surface area contributed by atoms with Crippen molar-refractivity contribution < 1.29 is 9.85 Å². The lowest BCUT2D eigenvalue weighted by atomic mass is 10.1. The summed E-state index contributed by atoms with van der Waals surface area (Å²) in [5.41, 5.74) is 4.48. The second-order valence-corrected chi connectivity index (χ2v) is 4.42. The third kappa shape index (κ3) is 3.63. The summed E-state index contributed by atoms with van der Waals surface area (Å²) in [6, 6.07) is 11.9. The third-order valence-electron chi connectivity index (χ3n) is 2.91. The Labute approximate surface area is 125 Å². The van der Waals surface area contributed by atoms with Gasteiger partial charge >= 0.3 is 0 Å². The van der Waals surface area contributed by atoms with Gasteiger partial charge in [-0.3, -0.25) is 25.7 Å². The fraction of sp³-hybridized carbons (Fsp3) is 0.0714. The molecule has 2 rings (SSSR count). The van der Waals surface area contributed by atoms with Crippen molar-refractivity contribution in [2.45, 2.75) is 6.92 Å². The van der Waals surface area contributed by atoms with E-state index < -0.39 is 9.85 Å². The molecule has 22 heavy (non-hydrogen) atoms. The van der Waals surface area contributed by atoms with Gasteiger partial charge in [0.15, 0.2) is 0 Å². The van der Waals surface area contributed by atoms with Gasteiger partial charge in [0.1, 0.15) is 0 Å². The molecule has 2 aromatic carbocycles. The van der Waals surface area contributed by atoms with E-state index in [0.717, 1.165) is 0 Å². The fourth-order valence-electron chi connectivity index (χ4n) is 1.72. The highest BCUT2D eigenvalue weighted by Gasteiger charge is 2.07. The van der Waals surface area contributed by atoms with E-state index >= 15 is 0 Å². The number of nitrogens with one attached hydrogen (secondary N) is 1. The van der Waals surface area contributed by atoms with Crippen LogP contribution in [0.25, 0.3) is 0 Å². The van der Waals surface area contributed by atoms with Crippen molar-refractivity contribution in [2.75, 3.05) is 5.43 Å². The summed E-state index contributed by atoms with van der Waals surface area (Å²) in [6.07, 6.45) is 0. The summed E-state index contributed by atoms with van der Waals surface area (Å²) >= 11 is 0. The SMILES string of the molecule is CC(=NNc1ccc([N+](=O)[O-])cc1)c1cccc([N+](=O)[O-])c1. The Balaban J connectivity index is 2.14. The van der Waals surface area contributed by atoms with E-state index in [0.29, 0.717) is 17.0 Å². The number of nitro groups is 2. The van der Waals surface area contributed by atoms with Crippen LogP contribution in [-0.2, 0) is 0 Å². The molecule has 0 amide bonds. The minimum Gasteiger partial charge on any atom is -0.278 e. The Morgan fingerprint density at radius 2 is 1.64 bits per heavy atom. The van der Waals surface area contributed by atoms with Crippen LogP contribution in [0.3, 0.4) is 0 Å². The molecule has 0 saturated carbocycles. The van der Waals surface area contributed by atoms with E-state index in [1.807, 2.05) is 0 Å². The molecule has 0 saturated heterocycles. The molecule has 0 spiro atoms. The van der Waals surface area contributed by atoms with E-state index in [4.69, 9.17) is 0 Å². The summed E-state index contributed by atoms with van der Waals surface area (Å²) in [6.45, 7) is 1.71. The Hall–Kier alpha value is -3.29. The maximum atomic E-state index is 10.7. The first-order valence-corrected chi connectivity index (χ1v) is 6.27. The van der Waals surface area contributed by atoms with Crippen LogP contribution in [0, 0.1) is 20.2 Å². The minimum absolute atomic E-state index is 0.00932. The molecule has 0 aliphatic carbocycles. The molecule has 0 radical (unpaired) electrons. The van der Waals surface area contributed by atoms with Crippen molar-refractivity contribution in [3.63, 3.8) is 0 Å². The largest absolute Gasteiger partial charge is 0.278 e. The van der Waals surface area contributed by atoms with Crippen LogP contribution in [0.4, 0.5) is 17.1 Å². The third-order valence-corrected chi connectivity index (χ3v) is 2.91. The Morgan fingerprint density at radius 1 is 1.00 bits per heavy atom. The molecule has 0 heterocycles. The minimum atomic E-state index is -0.485. The number of non-ortho nitro benzene ring substituents is 2. The van der Waals surface area contributed by atoms with Crippen LogP contribution in [0.5, 0.6) is 0 Å². The topological polar surface area (TPSA) is 111 Å². The number of hydrogen-bond acceptors (Lipinski definition) is 6. The molecule has 0 aliphatic rings. The van der Waals surface area contributed by atoms with Crippen LogP contribution < -0.4 is 5.43 Å². The number of nitro benzene ring substituents is 2. The summed E-state index contributed by atoms with van der Waals surface area (Å²) in [5, 5.41) is 25.4. The van der Waals surface area contributed by atoms with Gasteiger partial charge < -0.3 is 0 Å². The molecule has 0 fully saturated rings. The zero-order chi connectivity index (χ0) is 16.1. The second kappa shape index (κ2) is 6.44. The fourth-order valence-corrected chi connectivity index (χ4v) is 1.72. The first-order chi connectivity index (χ1) is 10.5. The zero-order valence-corrected chi connectivity index (χ0v) is 11.6. The number of rotatable bonds is 5. The van der Waals surface area contributed by atoms with E-state index in [-0.39, 0.29) is 11.4 Å². The summed E-state index contributed by atoms with van der Waals surface area (Å²) in [7, 11) is 0. The molecular weight excluding hydrogens is 288 g/mol. The van der Waals surface area contributed by atoms with Crippen LogP contribution in [-0.4, -0.2) is 15.6 Å². The molecule has 0 unspecified atom stereocenters.